The van der Waals surface area contributed by atoms with E-state index in [4.69, 9.17) is 21.0 Å². The summed E-state index contributed by atoms with van der Waals surface area (Å²) >= 11 is 6.08. The molecule has 124 valence electrons. The molecular formula is C16H14ClN3O4. The minimum absolute atomic E-state index is 0.248. The molecule has 5 rings (SSSR count). The lowest BCUT2D eigenvalue weighted by atomic mass is 9.69. The predicted octanol–water partition coefficient (Wildman–Crippen LogP) is 2.32. The summed E-state index contributed by atoms with van der Waals surface area (Å²) in [6.07, 6.45) is 1.55. The van der Waals surface area contributed by atoms with E-state index in [1.165, 1.54) is 4.90 Å². The van der Waals surface area contributed by atoms with E-state index < -0.39 is 23.0 Å². The Morgan fingerprint density at radius 2 is 1.67 bits per heavy atom. The van der Waals surface area contributed by atoms with Gasteiger partial charge in [0.05, 0.1) is 33.7 Å². The second-order valence-corrected chi connectivity index (χ2v) is 7.63. The number of hydrogen-bond donors (Lipinski definition) is 0. The standard InChI is InChI=1S/C16H14ClN3O4/c1-15-5-6-16(2,23-15)10-9(15)13(21)20(14(10)22)8-4-3-7(17)11-12(8)19-24-18-11/h3-4,9-10H,5-6H2,1-2H3/t9-,10+,15?,16?. The van der Waals surface area contributed by atoms with E-state index in [0.29, 0.717) is 21.7 Å². The molecule has 2 bridgehead atoms. The highest BCUT2D eigenvalue weighted by Crippen LogP contribution is 2.61. The summed E-state index contributed by atoms with van der Waals surface area (Å²) in [5, 5.41) is 7.94. The van der Waals surface area contributed by atoms with Crippen LogP contribution < -0.4 is 4.90 Å². The van der Waals surface area contributed by atoms with Gasteiger partial charge in [-0.2, -0.15) is 0 Å². The number of carbonyl (C=O) groups is 2. The van der Waals surface area contributed by atoms with Crippen LogP contribution in [-0.2, 0) is 14.3 Å². The molecule has 1 aromatic carbocycles. The number of imide groups is 1. The van der Waals surface area contributed by atoms with Gasteiger partial charge in [0, 0.05) is 0 Å². The van der Waals surface area contributed by atoms with Crippen LogP contribution in [0.3, 0.4) is 0 Å². The summed E-state index contributed by atoms with van der Waals surface area (Å²) in [6, 6.07) is 3.20. The second kappa shape index (κ2) is 4.15. The molecule has 2 unspecified atom stereocenters. The van der Waals surface area contributed by atoms with Crippen molar-refractivity contribution in [2.75, 3.05) is 4.90 Å². The number of halogens is 1. The van der Waals surface area contributed by atoms with Gasteiger partial charge in [0.25, 0.3) is 0 Å². The quantitative estimate of drug-likeness (QED) is 0.736. The summed E-state index contributed by atoms with van der Waals surface area (Å²) in [6.45, 7) is 3.85. The molecule has 3 saturated heterocycles. The van der Waals surface area contributed by atoms with E-state index in [-0.39, 0.29) is 11.8 Å². The van der Waals surface area contributed by atoms with Gasteiger partial charge in [-0.3, -0.25) is 9.59 Å². The fraction of sp³-hybridized carbons (Fsp3) is 0.500. The zero-order valence-corrected chi connectivity index (χ0v) is 13.8. The van der Waals surface area contributed by atoms with Crippen molar-refractivity contribution in [1.82, 2.24) is 10.3 Å². The van der Waals surface area contributed by atoms with Crippen LogP contribution in [0.5, 0.6) is 0 Å². The fourth-order valence-electron chi connectivity index (χ4n) is 4.71. The van der Waals surface area contributed by atoms with Crippen LogP contribution in [0.2, 0.25) is 5.02 Å². The number of hydrogen-bond acceptors (Lipinski definition) is 6. The van der Waals surface area contributed by atoms with Crippen molar-refractivity contribution in [3.63, 3.8) is 0 Å². The molecule has 4 heterocycles. The topological polar surface area (TPSA) is 85.5 Å². The third-order valence-corrected chi connectivity index (χ3v) is 6.10. The van der Waals surface area contributed by atoms with Crippen LogP contribution in [0, 0.1) is 11.8 Å². The number of amides is 2. The third kappa shape index (κ3) is 1.48. The number of rotatable bonds is 1. The Morgan fingerprint density at radius 3 is 2.29 bits per heavy atom. The average Bonchev–Trinajstić information content (AvgIpc) is 3.23. The Bertz CT molecular complexity index is 893. The first-order valence-corrected chi connectivity index (χ1v) is 8.22. The normalized spacial score (nSPS) is 37.7. The highest BCUT2D eigenvalue weighted by atomic mass is 35.5. The number of fused-ring (bicyclic) bond motifs is 6. The number of carbonyl (C=O) groups excluding carboxylic acids is 2. The molecular weight excluding hydrogens is 334 g/mol. The Hall–Kier alpha value is -1.99. The summed E-state index contributed by atoms with van der Waals surface area (Å²) in [4.78, 5) is 27.4. The summed E-state index contributed by atoms with van der Waals surface area (Å²) < 4.78 is 10.8. The van der Waals surface area contributed by atoms with E-state index >= 15 is 0 Å². The number of aromatic nitrogens is 2. The van der Waals surface area contributed by atoms with Gasteiger partial charge in [0.15, 0.2) is 11.0 Å². The van der Waals surface area contributed by atoms with E-state index in [2.05, 4.69) is 10.3 Å². The smallest absolute Gasteiger partial charge is 0.240 e. The Balaban J connectivity index is 1.68. The van der Waals surface area contributed by atoms with E-state index in [0.717, 1.165) is 12.8 Å². The maximum atomic E-state index is 13.1. The maximum absolute atomic E-state index is 13.1. The van der Waals surface area contributed by atoms with Gasteiger partial charge in [0.2, 0.25) is 11.8 Å². The molecule has 2 aromatic rings. The van der Waals surface area contributed by atoms with Crippen molar-refractivity contribution in [3.8, 4) is 0 Å². The van der Waals surface area contributed by atoms with Crippen LogP contribution >= 0.6 is 11.6 Å². The van der Waals surface area contributed by atoms with Crippen molar-refractivity contribution in [1.29, 1.82) is 0 Å². The monoisotopic (exact) mass is 347 g/mol. The molecule has 8 heteroatoms. The van der Waals surface area contributed by atoms with Crippen molar-refractivity contribution in [2.45, 2.75) is 37.9 Å². The van der Waals surface area contributed by atoms with Gasteiger partial charge in [-0.05, 0) is 49.1 Å². The molecule has 1 aromatic heterocycles. The van der Waals surface area contributed by atoms with E-state index in [9.17, 15) is 9.59 Å². The summed E-state index contributed by atoms with van der Waals surface area (Å²) in [7, 11) is 0. The zero-order chi connectivity index (χ0) is 16.9. The van der Waals surface area contributed by atoms with Crippen LogP contribution in [-0.4, -0.2) is 33.3 Å². The van der Waals surface area contributed by atoms with Crippen LogP contribution in [0.1, 0.15) is 26.7 Å². The van der Waals surface area contributed by atoms with Crippen molar-refractivity contribution in [2.24, 2.45) is 11.8 Å². The van der Waals surface area contributed by atoms with Crippen molar-refractivity contribution in [3.05, 3.63) is 17.2 Å². The van der Waals surface area contributed by atoms with Gasteiger partial charge in [-0.1, -0.05) is 11.6 Å². The highest BCUT2D eigenvalue weighted by Gasteiger charge is 2.72. The van der Waals surface area contributed by atoms with Gasteiger partial charge in [0.1, 0.15) is 0 Å². The lowest BCUT2D eigenvalue weighted by molar-refractivity contribution is -0.129. The molecule has 3 aliphatic rings. The molecule has 3 aliphatic heterocycles. The Kier molecular flexibility index (Phi) is 2.48. The summed E-state index contributed by atoms with van der Waals surface area (Å²) in [5.41, 5.74) is -0.161. The molecule has 0 spiro atoms. The molecule has 24 heavy (non-hydrogen) atoms. The number of nitrogens with zero attached hydrogens (tertiary/aromatic N) is 3. The largest absolute Gasteiger partial charge is 0.367 e. The van der Waals surface area contributed by atoms with Gasteiger partial charge in [-0.25, -0.2) is 9.53 Å². The van der Waals surface area contributed by atoms with Crippen LogP contribution in [0.15, 0.2) is 16.8 Å². The van der Waals surface area contributed by atoms with E-state index in [1.54, 1.807) is 12.1 Å². The van der Waals surface area contributed by atoms with E-state index in [1.807, 2.05) is 13.8 Å². The predicted molar refractivity (Wildman–Crippen MR) is 83.4 cm³/mol. The molecule has 0 aliphatic carbocycles. The van der Waals surface area contributed by atoms with Gasteiger partial charge < -0.3 is 4.74 Å². The first-order valence-electron chi connectivity index (χ1n) is 7.84. The lowest BCUT2D eigenvalue weighted by Gasteiger charge is -2.27. The average molecular weight is 348 g/mol. The summed E-state index contributed by atoms with van der Waals surface area (Å²) in [5.74, 6) is -1.42. The lowest BCUT2D eigenvalue weighted by Crippen LogP contribution is -2.40. The molecule has 0 radical (unpaired) electrons. The van der Waals surface area contributed by atoms with Crippen LogP contribution in [0.4, 0.5) is 5.69 Å². The highest BCUT2D eigenvalue weighted by molar-refractivity contribution is 6.36. The van der Waals surface area contributed by atoms with Gasteiger partial charge in [-0.15, -0.1) is 0 Å². The maximum Gasteiger partial charge on any atom is 0.240 e. The molecule has 7 nitrogen and oxygen atoms in total. The third-order valence-electron chi connectivity index (χ3n) is 5.79. The van der Waals surface area contributed by atoms with Crippen LogP contribution in [0.25, 0.3) is 11.0 Å². The second-order valence-electron chi connectivity index (χ2n) is 7.22. The fourth-order valence-corrected chi connectivity index (χ4v) is 4.90. The Labute approximate surface area is 141 Å². The first kappa shape index (κ1) is 14.4. The first-order chi connectivity index (χ1) is 11.4. The molecule has 3 fully saturated rings. The van der Waals surface area contributed by atoms with Crippen molar-refractivity contribution >= 4 is 40.1 Å². The van der Waals surface area contributed by atoms with Crippen molar-refractivity contribution < 1.29 is 19.0 Å². The van der Waals surface area contributed by atoms with Gasteiger partial charge >= 0.3 is 0 Å². The number of ether oxygens (including phenoxy) is 1. The molecule has 4 atom stereocenters. The SMILES string of the molecule is CC12CCC(C)(O1)[C@H]1C(=O)N(c3ccc(Cl)c4nonc34)C(=O)[C@H]12. The molecule has 0 saturated carbocycles. The number of anilines is 1. The molecule has 0 N–H and O–H groups in total. The number of benzene rings is 1. The minimum Gasteiger partial charge on any atom is -0.367 e. The Morgan fingerprint density at radius 1 is 1.08 bits per heavy atom. The minimum atomic E-state index is -0.589. The molecule has 2 amide bonds. The zero-order valence-electron chi connectivity index (χ0n) is 13.1.